The molecule has 22 heavy (non-hydrogen) atoms. The van der Waals surface area contributed by atoms with Crippen molar-refractivity contribution in [3.63, 3.8) is 0 Å². The fourth-order valence-electron chi connectivity index (χ4n) is 6.23. The second-order valence-electron chi connectivity index (χ2n) is 8.66. The van der Waals surface area contributed by atoms with Gasteiger partial charge in [-0.2, -0.15) is 0 Å². The normalized spacial score (nSPS) is 56.8. The molecule has 0 amide bonds. The molecule has 0 spiro atoms. The molecule has 3 N–H and O–H groups in total. The summed E-state index contributed by atoms with van der Waals surface area (Å²) >= 11 is 0. The zero-order valence-corrected chi connectivity index (χ0v) is 13.6. The third kappa shape index (κ3) is 1.75. The topological polar surface area (TPSA) is 60.7 Å². The lowest BCUT2D eigenvalue weighted by Crippen LogP contribution is -2.51. The quantitative estimate of drug-likeness (QED) is 0.602. The van der Waals surface area contributed by atoms with Gasteiger partial charge >= 0.3 is 0 Å². The molecule has 0 aromatic carbocycles. The smallest absolute Gasteiger partial charge is 0.0889 e. The van der Waals surface area contributed by atoms with Gasteiger partial charge in [-0.15, -0.1) is 0 Å². The summed E-state index contributed by atoms with van der Waals surface area (Å²) in [4.78, 5) is 0. The highest BCUT2D eigenvalue weighted by atomic mass is 16.3. The average molecular weight is 304 g/mol. The molecule has 3 nitrogen and oxygen atoms in total. The van der Waals surface area contributed by atoms with Gasteiger partial charge in [0, 0.05) is 12.3 Å². The molecule has 0 heterocycles. The molecule has 122 valence electrons. The van der Waals surface area contributed by atoms with Crippen molar-refractivity contribution >= 4 is 0 Å². The number of fused-ring (bicyclic) bond motifs is 5. The molecular weight excluding hydrogens is 276 g/mol. The molecule has 4 aliphatic carbocycles. The van der Waals surface area contributed by atoms with Gasteiger partial charge in [0.05, 0.1) is 18.0 Å². The van der Waals surface area contributed by atoms with Crippen LogP contribution in [0.2, 0.25) is 0 Å². The van der Waals surface area contributed by atoms with Crippen molar-refractivity contribution in [3.05, 3.63) is 24.0 Å². The van der Waals surface area contributed by atoms with E-state index in [1.807, 2.05) is 6.08 Å². The number of hydrogen-bond donors (Lipinski definition) is 3. The van der Waals surface area contributed by atoms with Crippen molar-refractivity contribution in [2.75, 3.05) is 0 Å². The van der Waals surface area contributed by atoms with Crippen LogP contribution in [0.15, 0.2) is 24.0 Å². The lowest BCUT2D eigenvalue weighted by atomic mass is 9.48. The van der Waals surface area contributed by atoms with Crippen LogP contribution in [0, 0.1) is 34.5 Å². The molecule has 0 aliphatic heterocycles. The van der Waals surface area contributed by atoms with E-state index in [1.165, 1.54) is 0 Å². The molecule has 0 saturated heterocycles. The lowest BCUT2D eigenvalue weighted by molar-refractivity contribution is -0.0780. The Morgan fingerprint density at radius 3 is 2.59 bits per heavy atom. The highest BCUT2D eigenvalue weighted by Gasteiger charge is 2.60. The number of hydrogen-bond acceptors (Lipinski definition) is 3. The first-order valence-electron chi connectivity index (χ1n) is 8.80. The Kier molecular flexibility index (Phi) is 3.09. The summed E-state index contributed by atoms with van der Waals surface area (Å²) in [5.74, 6) is 2.31. The van der Waals surface area contributed by atoms with Crippen molar-refractivity contribution in [3.8, 4) is 0 Å². The van der Waals surface area contributed by atoms with E-state index in [4.69, 9.17) is 0 Å². The van der Waals surface area contributed by atoms with Gasteiger partial charge in [0.25, 0.3) is 0 Å². The van der Waals surface area contributed by atoms with Crippen LogP contribution in [-0.2, 0) is 0 Å². The lowest BCUT2D eigenvalue weighted by Gasteiger charge is -2.56. The molecule has 0 radical (unpaired) electrons. The van der Waals surface area contributed by atoms with Crippen molar-refractivity contribution in [2.45, 2.75) is 58.2 Å². The fraction of sp³-hybridized carbons (Fsp3) is 0.789. The van der Waals surface area contributed by atoms with Crippen LogP contribution in [0.5, 0.6) is 0 Å². The van der Waals surface area contributed by atoms with Crippen molar-refractivity contribution in [1.82, 2.24) is 0 Å². The van der Waals surface area contributed by atoms with Gasteiger partial charge in [0.2, 0.25) is 0 Å². The number of aliphatic hydroxyl groups excluding tert-OH is 3. The number of allylic oxidation sites excluding steroid dienone is 4. The minimum atomic E-state index is -0.576. The van der Waals surface area contributed by atoms with Gasteiger partial charge in [-0.1, -0.05) is 26.0 Å². The van der Waals surface area contributed by atoms with Crippen molar-refractivity contribution in [2.24, 2.45) is 34.5 Å². The van der Waals surface area contributed by atoms with Gasteiger partial charge < -0.3 is 15.3 Å². The van der Waals surface area contributed by atoms with E-state index in [9.17, 15) is 15.3 Å². The Hall–Kier alpha value is -0.800. The highest BCUT2D eigenvalue weighted by molar-refractivity contribution is 5.24. The fourth-order valence-corrected chi connectivity index (χ4v) is 6.23. The van der Waals surface area contributed by atoms with Crippen LogP contribution in [-0.4, -0.2) is 27.5 Å². The predicted molar refractivity (Wildman–Crippen MR) is 85.1 cm³/mol. The van der Waals surface area contributed by atoms with Crippen LogP contribution in [0.4, 0.5) is 0 Å². The van der Waals surface area contributed by atoms with Crippen LogP contribution in [0.1, 0.15) is 46.0 Å². The van der Waals surface area contributed by atoms with Crippen molar-refractivity contribution < 1.29 is 15.3 Å². The second kappa shape index (κ2) is 4.61. The Morgan fingerprint density at radius 1 is 1.05 bits per heavy atom. The maximum atomic E-state index is 10.5. The van der Waals surface area contributed by atoms with E-state index >= 15 is 0 Å². The molecule has 1 unspecified atom stereocenters. The van der Waals surface area contributed by atoms with E-state index in [0.717, 1.165) is 32.1 Å². The minimum Gasteiger partial charge on any atom is -0.513 e. The monoisotopic (exact) mass is 304 g/mol. The van der Waals surface area contributed by atoms with E-state index in [-0.39, 0.29) is 10.8 Å². The van der Waals surface area contributed by atoms with Crippen LogP contribution in [0.3, 0.4) is 0 Å². The highest BCUT2D eigenvalue weighted by Crippen LogP contribution is 2.64. The molecule has 0 bridgehead atoms. The molecule has 0 aromatic rings. The Bertz CT molecular complexity index is 539. The third-order valence-corrected chi connectivity index (χ3v) is 7.75. The summed E-state index contributed by atoms with van der Waals surface area (Å²) in [6.45, 7) is 4.55. The Morgan fingerprint density at radius 2 is 1.82 bits per heavy atom. The summed E-state index contributed by atoms with van der Waals surface area (Å²) in [7, 11) is 0. The standard InChI is InChI=1S/C19H28O3/c1-18-7-5-12(20)9-11(18)3-4-13-14(18)6-8-19(2)15(13)10-16(21)17(19)22/h3-4,9,11,13-17,20-22H,5-8,10H2,1-2H3/t11-,13+,14-,15-,16+,17?,18-,19-/m0/s1. The van der Waals surface area contributed by atoms with Gasteiger partial charge in [0.1, 0.15) is 0 Å². The van der Waals surface area contributed by atoms with E-state index < -0.39 is 12.2 Å². The van der Waals surface area contributed by atoms with E-state index in [2.05, 4.69) is 26.0 Å². The summed E-state index contributed by atoms with van der Waals surface area (Å²) in [6, 6.07) is 0. The molecular formula is C19H28O3. The van der Waals surface area contributed by atoms with Crippen LogP contribution in [0.25, 0.3) is 0 Å². The first-order valence-corrected chi connectivity index (χ1v) is 8.80. The molecule has 2 saturated carbocycles. The maximum absolute atomic E-state index is 10.5. The van der Waals surface area contributed by atoms with Gasteiger partial charge in [-0.05, 0) is 60.3 Å². The number of aliphatic hydroxyl groups is 3. The minimum absolute atomic E-state index is 0.138. The van der Waals surface area contributed by atoms with Crippen LogP contribution < -0.4 is 0 Å². The van der Waals surface area contributed by atoms with E-state index in [1.54, 1.807) is 0 Å². The Labute approximate surface area is 132 Å². The average Bonchev–Trinajstić information content (AvgIpc) is 2.72. The third-order valence-electron chi connectivity index (χ3n) is 7.75. The summed E-state index contributed by atoms with van der Waals surface area (Å²) in [5.41, 5.74) is 0.0756. The largest absolute Gasteiger partial charge is 0.513 e. The molecule has 2 fully saturated rings. The molecule has 4 rings (SSSR count). The summed E-state index contributed by atoms with van der Waals surface area (Å²) in [5, 5.41) is 30.5. The van der Waals surface area contributed by atoms with Gasteiger partial charge in [-0.3, -0.25) is 0 Å². The number of rotatable bonds is 0. The van der Waals surface area contributed by atoms with Crippen LogP contribution >= 0.6 is 0 Å². The van der Waals surface area contributed by atoms with Gasteiger partial charge in [-0.25, -0.2) is 0 Å². The second-order valence-corrected chi connectivity index (χ2v) is 8.66. The summed E-state index contributed by atoms with van der Waals surface area (Å²) in [6.07, 6.45) is 10.2. The summed E-state index contributed by atoms with van der Waals surface area (Å²) < 4.78 is 0. The first kappa shape index (κ1) is 14.8. The van der Waals surface area contributed by atoms with Crippen molar-refractivity contribution in [1.29, 1.82) is 0 Å². The molecule has 4 aliphatic rings. The zero-order valence-electron chi connectivity index (χ0n) is 13.6. The molecule has 0 aromatic heterocycles. The predicted octanol–water partition coefficient (Wildman–Crippen LogP) is 3.19. The maximum Gasteiger partial charge on any atom is 0.0889 e. The van der Waals surface area contributed by atoms with Gasteiger partial charge in [0.15, 0.2) is 0 Å². The zero-order chi connectivity index (χ0) is 15.7. The first-order chi connectivity index (χ1) is 10.4. The SMILES string of the molecule is C[C@]12CCC(O)=C[C@@H]1C=C[C@@H]1[C@@H]2CC[C@]2(C)C(O)[C@H](O)C[C@@H]12. The van der Waals surface area contributed by atoms with E-state index in [0.29, 0.717) is 29.4 Å². The Balaban J connectivity index is 1.72. The molecule has 3 heteroatoms. The molecule has 8 atom stereocenters.